The summed E-state index contributed by atoms with van der Waals surface area (Å²) in [5.41, 5.74) is 1.95. The molecule has 0 aliphatic rings. The third-order valence-corrected chi connectivity index (χ3v) is 2.57. The Bertz CT molecular complexity index is 638. The fourth-order valence-corrected chi connectivity index (χ4v) is 1.65. The molecule has 1 amide bonds. The lowest BCUT2D eigenvalue weighted by Gasteiger charge is -2.10. The summed E-state index contributed by atoms with van der Waals surface area (Å²) in [6.45, 7) is 0. The maximum atomic E-state index is 13.4. The predicted octanol–water partition coefficient (Wildman–Crippen LogP) is 2.64. The molecule has 0 heterocycles. The molecular weight excluding hydrogens is 271 g/mol. The maximum Gasteiger partial charge on any atom is 0.257 e. The predicted molar refractivity (Wildman–Crippen MR) is 68.5 cm³/mol. The van der Waals surface area contributed by atoms with Crippen LogP contribution in [0, 0.1) is 17.5 Å². The van der Waals surface area contributed by atoms with E-state index in [0.717, 1.165) is 0 Å². The Balaban J connectivity index is 2.33. The number of amides is 1. The van der Waals surface area contributed by atoms with Gasteiger partial charge >= 0.3 is 0 Å². The molecule has 0 aliphatic heterocycles. The Morgan fingerprint density at radius 3 is 2.25 bits per heavy atom. The molecule has 0 unspecified atom stereocenters. The Kier molecular flexibility index (Phi) is 3.90. The van der Waals surface area contributed by atoms with Crippen LogP contribution in [0.15, 0.2) is 36.4 Å². The van der Waals surface area contributed by atoms with Crippen molar-refractivity contribution in [2.24, 2.45) is 5.84 Å². The number of benzene rings is 2. The summed E-state index contributed by atoms with van der Waals surface area (Å²) in [6, 6.07) is 7.09. The van der Waals surface area contributed by atoms with Gasteiger partial charge in [0.1, 0.15) is 11.5 Å². The first-order valence-corrected chi connectivity index (χ1v) is 5.54. The molecule has 0 saturated carbocycles. The van der Waals surface area contributed by atoms with E-state index in [9.17, 15) is 18.0 Å². The van der Waals surface area contributed by atoms with Crippen LogP contribution in [0.3, 0.4) is 0 Å². The van der Waals surface area contributed by atoms with Crippen LogP contribution >= 0.6 is 0 Å². The number of hydrogen-bond acceptors (Lipinski definition) is 3. The lowest BCUT2D eigenvalue weighted by atomic mass is 10.1. The van der Waals surface area contributed by atoms with Crippen molar-refractivity contribution in [3.05, 3.63) is 59.4 Å². The number of nitrogen functional groups attached to an aromatic ring is 1. The molecular formula is C13H10F3N3O. The largest absolute Gasteiger partial charge is 0.323 e. The fraction of sp³-hybridized carbons (Fsp3) is 0. The second-order valence-corrected chi connectivity index (χ2v) is 3.89. The van der Waals surface area contributed by atoms with Gasteiger partial charge in [-0.15, -0.1) is 0 Å². The van der Waals surface area contributed by atoms with Gasteiger partial charge in [-0.05, 0) is 12.1 Å². The Morgan fingerprint density at radius 2 is 1.65 bits per heavy atom. The molecule has 0 saturated heterocycles. The van der Waals surface area contributed by atoms with E-state index in [2.05, 4.69) is 5.43 Å². The second kappa shape index (κ2) is 5.62. The summed E-state index contributed by atoms with van der Waals surface area (Å²) in [7, 11) is 0. The summed E-state index contributed by atoms with van der Waals surface area (Å²) < 4.78 is 39.6. The zero-order valence-electron chi connectivity index (χ0n) is 10.1. The number of para-hydroxylation sites is 1. The van der Waals surface area contributed by atoms with E-state index >= 15 is 0 Å². The van der Waals surface area contributed by atoms with E-state index in [4.69, 9.17) is 5.84 Å². The van der Waals surface area contributed by atoms with E-state index in [1.54, 1.807) is 12.1 Å². The van der Waals surface area contributed by atoms with Crippen LogP contribution < -0.4 is 16.6 Å². The maximum absolute atomic E-state index is 13.4. The van der Waals surface area contributed by atoms with Crippen molar-refractivity contribution in [3.63, 3.8) is 0 Å². The summed E-state index contributed by atoms with van der Waals surface area (Å²) in [5, 5.41) is 2.05. The zero-order chi connectivity index (χ0) is 14.7. The number of hydrogen-bond donors (Lipinski definition) is 3. The lowest BCUT2D eigenvalue weighted by Crippen LogP contribution is -2.18. The average Bonchev–Trinajstić information content (AvgIpc) is 2.42. The van der Waals surface area contributed by atoms with E-state index in [1.165, 1.54) is 12.1 Å². The molecule has 4 nitrogen and oxygen atoms in total. The van der Waals surface area contributed by atoms with E-state index in [0.29, 0.717) is 12.1 Å². The highest BCUT2D eigenvalue weighted by Gasteiger charge is 2.17. The zero-order valence-corrected chi connectivity index (χ0v) is 10.1. The molecule has 2 aromatic carbocycles. The molecule has 0 atom stereocenters. The molecule has 0 fully saturated rings. The fourth-order valence-electron chi connectivity index (χ4n) is 1.65. The van der Waals surface area contributed by atoms with Gasteiger partial charge in [-0.2, -0.15) is 0 Å². The smallest absolute Gasteiger partial charge is 0.257 e. The molecule has 20 heavy (non-hydrogen) atoms. The SMILES string of the molecule is NNc1ccccc1C(=O)Nc1c(F)cc(F)cc1F. The minimum Gasteiger partial charge on any atom is -0.323 e. The topological polar surface area (TPSA) is 67.1 Å². The van der Waals surface area contributed by atoms with Crippen LogP contribution in [0.1, 0.15) is 10.4 Å². The molecule has 0 spiro atoms. The lowest BCUT2D eigenvalue weighted by molar-refractivity contribution is 0.102. The highest BCUT2D eigenvalue weighted by Crippen LogP contribution is 2.22. The standard InChI is InChI=1S/C13H10F3N3O/c14-7-5-9(15)12(10(16)6-7)18-13(20)8-3-1-2-4-11(8)19-17/h1-6,19H,17H2,(H,18,20). The molecule has 2 rings (SSSR count). The summed E-state index contributed by atoms with van der Waals surface area (Å²) in [4.78, 5) is 11.9. The van der Waals surface area contributed by atoms with Crippen LogP contribution in [0.5, 0.6) is 0 Å². The van der Waals surface area contributed by atoms with Crippen molar-refractivity contribution in [1.82, 2.24) is 0 Å². The summed E-state index contributed by atoms with van der Waals surface area (Å²) in [5.74, 6) is 0.991. The average molecular weight is 281 g/mol. The van der Waals surface area contributed by atoms with Crippen molar-refractivity contribution in [1.29, 1.82) is 0 Å². The number of rotatable bonds is 3. The summed E-state index contributed by atoms with van der Waals surface area (Å²) in [6.07, 6.45) is 0. The number of hydrazine groups is 1. The number of anilines is 2. The molecule has 2 aromatic rings. The number of halogens is 3. The van der Waals surface area contributed by atoms with Gasteiger partial charge in [-0.25, -0.2) is 13.2 Å². The third kappa shape index (κ3) is 2.72. The quantitative estimate of drug-likeness (QED) is 0.598. The first-order valence-electron chi connectivity index (χ1n) is 5.54. The molecule has 0 aromatic heterocycles. The van der Waals surface area contributed by atoms with E-state index in [1.807, 2.05) is 5.32 Å². The van der Waals surface area contributed by atoms with Crippen LogP contribution in [-0.2, 0) is 0 Å². The molecule has 0 aliphatic carbocycles. The Morgan fingerprint density at radius 1 is 1.05 bits per heavy atom. The highest BCUT2D eigenvalue weighted by molar-refractivity contribution is 6.08. The van der Waals surface area contributed by atoms with Crippen LogP contribution in [0.25, 0.3) is 0 Å². The van der Waals surface area contributed by atoms with Crippen LogP contribution in [0.2, 0.25) is 0 Å². The van der Waals surface area contributed by atoms with Gasteiger partial charge < -0.3 is 10.7 Å². The number of carbonyl (C=O) groups is 1. The molecule has 4 N–H and O–H groups in total. The van der Waals surface area contributed by atoms with Crippen molar-refractivity contribution >= 4 is 17.3 Å². The summed E-state index contributed by atoms with van der Waals surface area (Å²) >= 11 is 0. The van der Waals surface area contributed by atoms with Crippen molar-refractivity contribution < 1.29 is 18.0 Å². The van der Waals surface area contributed by atoms with Crippen LogP contribution in [-0.4, -0.2) is 5.91 Å². The Hall–Kier alpha value is -2.54. The molecule has 7 heteroatoms. The van der Waals surface area contributed by atoms with Crippen molar-refractivity contribution in [3.8, 4) is 0 Å². The normalized spacial score (nSPS) is 10.2. The molecule has 0 radical (unpaired) electrons. The third-order valence-electron chi connectivity index (χ3n) is 2.57. The number of nitrogens with two attached hydrogens (primary N) is 1. The van der Waals surface area contributed by atoms with Gasteiger partial charge in [0, 0.05) is 12.1 Å². The van der Waals surface area contributed by atoms with E-state index in [-0.39, 0.29) is 11.3 Å². The van der Waals surface area contributed by atoms with Crippen LogP contribution in [0.4, 0.5) is 24.5 Å². The van der Waals surface area contributed by atoms with Gasteiger partial charge in [-0.1, -0.05) is 12.1 Å². The minimum absolute atomic E-state index is 0.0955. The number of nitrogens with one attached hydrogen (secondary N) is 2. The van der Waals surface area contributed by atoms with Crippen molar-refractivity contribution in [2.45, 2.75) is 0 Å². The van der Waals surface area contributed by atoms with Gasteiger partial charge in [0.25, 0.3) is 5.91 Å². The van der Waals surface area contributed by atoms with Gasteiger partial charge in [0.2, 0.25) is 0 Å². The first kappa shape index (κ1) is 13.9. The first-order chi connectivity index (χ1) is 9.52. The van der Waals surface area contributed by atoms with E-state index < -0.39 is 29.0 Å². The van der Waals surface area contributed by atoms with Gasteiger partial charge in [-0.3, -0.25) is 10.6 Å². The van der Waals surface area contributed by atoms with Crippen molar-refractivity contribution in [2.75, 3.05) is 10.7 Å². The van der Waals surface area contributed by atoms with Gasteiger partial charge in [0.05, 0.1) is 11.3 Å². The molecule has 0 bridgehead atoms. The highest BCUT2D eigenvalue weighted by atomic mass is 19.1. The van der Waals surface area contributed by atoms with Gasteiger partial charge in [0.15, 0.2) is 11.6 Å². The monoisotopic (exact) mass is 281 g/mol. The Labute approximate surface area is 112 Å². The number of carbonyl (C=O) groups excluding carboxylic acids is 1. The second-order valence-electron chi connectivity index (χ2n) is 3.89. The minimum atomic E-state index is -1.20. The molecule has 104 valence electrons.